The molecule has 3 N–H and O–H groups in total. The summed E-state index contributed by atoms with van der Waals surface area (Å²) in [6, 6.07) is 0. The highest BCUT2D eigenvalue weighted by atomic mass is 31.2. The predicted octanol–water partition coefficient (Wildman–Crippen LogP) is 17.9. The molecule has 2 atom stereocenters. The van der Waals surface area contributed by atoms with Crippen molar-refractivity contribution >= 4 is 19.8 Å². The minimum atomic E-state index is -4.39. The Balaban J connectivity index is 3.92. The molecule has 0 aliphatic heterocycles. The summed E-state index contributed by atoms with van der Waals surface area (Å²) in [7, 11) is -4.39. The maximum atomic E-state index is 12.7. The van der Waals surface area contributed by atoms with Crippen LogP contribution in [0.1, 0.15) is 251 Å². The van der Waals surface area contributed by atoms with E-state index in [1.807, 2.05) is 0 Å². The van der Waals surface area contributed by atoms with Crippen molar-refractivity contribution in [2.45, 2.75) is 258 Å². The summed E-state index contributed by atoms with van der Waals surface area (Å²) in [5.41, 5.74) is 5.37. The standard InChI is InChI=1S/C60H106NO8P/c1-3-5-7-9-11-13-15-17-19-21-22-23-24-25-26-27-28-29-30-31-32-33-34-35-36-37-39-41-43-45-47-49-51-53-60(63)69-58(57-68-70(64,65)67-55-54-61)56-66-59(62)52-50-48-46-44-42-40-38-20-18-16-14-12-10-8-6-4-2/h5,7,11,13-14,16-17,19-20,22-23,25-26,38,58H,3-4,6,8-10,12,15,18,21,24,27-37,39-57,61H2,1-2H3,(H,64,65)/b7-5-,13-11-,16-14-,19-17-,23-22-,26-25-,38-20-. The molecule has 0 rings (SSSR count). The topological polar surface area (TPSA) is 134 Å². The number of ether oxygens (including phenoxy) is 2. The van der Waals surface area contributed by atoms with E-state index in [4.69, 9.17) is 24.3 Å². The number of carbonyl (C=O) groups excluding carboxylic acids is 2. The molecule has 10 heteroatoms. The van der Waals surface area contributed by atoms with Gasteiger partial charge in [0.05, 0.1) is 13.2 Å². The van der Waals surface area contributed by atoms with Crippen LogP contribution in [0.3, 0.4) is 0 Å². The van der Waals surface area contributed by atoms with Gasteiger partial charge in [0, 0.05) is 19.4 Å². The van der Waals surface area contributed by atoms with Gasteiger partial charge in [-0.2, -0.15) is 0 Å². The predicted molar refractivity (Wildman–Crippen MR) is 298 cm³/mol. The van der Waals surface area contributed by atoms with E-state index in [9.17, 15) is 19.0 Å². The molecular weight excluding hydrogens is 894 g/mol. The van der Waals surface area contributed by atoms with Crippen LogP contribution >= 0.6 is 7.82 Å². The van der Waals surface area contributed by atoms with Gasteiger partial charge >= 0.3 is 19.8 Å². The molecule has 2 unspecified atom stereocenters. The van der Waals surface area contributed by atoms with Crippen molar-refractivity contribution in [3.05, 3.63) is 85.1 Å². The van der Waals surface area contributed by atoms with Gasteiger partial charge in [-0.15, -0.1) is 0 Å². The number of carbonyl (C=O) groups is 2. The van der Waals surface area contributed by atoms with Crippen LogP contribution in [0.15, 0.2) is 85.1 Å². The molecule has 0 aromatic carbocycles. The van der Waals surface area contributed by atoms with E-state index in [1.165, 1.54) is 122 Å². The normalized spacial score (nSPS) is 13.7. The lowest BCUT2D eigenvalue weighted by Gasteiger charge is -2.19. The van der Waals surface area contributed by atoms with Gasteiger partial charge in [0.25, 0.3) is 0 Å². The minimum absolute atomic E-state index is 0.0493. The zero-order valence-corrected chi connectivity index (χ0v) is 45.9. The Morgan fingerprint density at radius 1 is 0.443 bits per heavy atom. The van der Waals surface area contributed by atoms with Gasteiger partial charge in [-0.05, 0) is 89.9 Å². The average molecular weight is 1000 g/mol. The summed E-state index contributed by atoms with van der Waals surface area (Å²) in [5, 5.41) is 0. The first-order chi connectivity index (χ1) is 34.3. The SMILES string of the molecule is CC/C=C\C/C=C\C/C=C\C/C=C\C/C=C\CCCCCCCCCCCCCCCCCCCC(=O)OC(COC(=O)CCCCCCC/C=C\C/C=C\CCCCCC)COP(=O)(O)OCCN. The Kier molecular flexibility index (Phi) is 53.3. The van der Waals surface area contributed by atoms with Crippen LogP contribution in [0, 0.1) is 0 Å². The minimum Gasteiger partial charge on any atom is -0.462 e. The molecule has 404 valence electrons. The number of phosphoric ester groups is 1. The molecule has 0 aromatic rings. The van der Waals surface area contributed by atoms with Crippen molar-refractivity contribution in [1.82, 2.24) is 0 Å². The van der Waals surface area contributed by atoms with Gasteiger partial charge in [0.2, 0.25) is 0 Å². The van der Waals surface area contributed by atoms with Crippen LogP contribution in [-0.2, 0) is 32.7 Å². The van der Waals surface area contributed by atoms with E-state index in [2.05, 4.69) is 98.9 Å². The first kappa shape index (κ1) is 67.2. The molecule has 0 fully saturated rings. The number of allylic oxidation sites excluding steroid dienone is 14. The molecular formula is C60H106NO8P. The molecule has 0 amide bonds. The summed E-state index contributed by atoms with van der Waals surface area (Å²) in [6.45, 7) is 3.61. The largest absolute Gasteiger partial charge is 0.472 e. The number of phosphoric acid groups is 1. The van der Waals surface area contributed by atoms with Crippen molar-refractivity contribution in [1.29, 1.82) is 0 Å². The molecule has 0 saturated heterocycles. The fourth-order valence-corrected chi connectivity index (χ4v) is 8.58. The molecule has 0 aliphatic carbocycles. The van der Waals surface area contributed by atoms with E-state index in [0.717, 1.165) is 89.9 Å². The lowest BCUT2D eigenvalue weighted by atomic mass is 10.0. The van der Waals surface area contributed by atoms with Crippen molar-refractivity contribution < 1.29 is 37.6 Å². The maximum Gasteiger partial charge on any atom is 0.472 e. The molecule has 0 spiro atoms. The number of unbranched alkanes of at least 4 members (excludes halogenated alkanes) is 26. The summed E-state index contributed by atoms with van der Waals surface area (Å²) in [4.78, 5) is 35.1. The third-order valence-corrected chi connectivity index (χ3v) is 13.0. The molecule has 9 nitrogen and oxygen atoms in total. The fourth-order valence-electron chi connectivity index (χ4n) is 7.81. The van der Waals surface area contributed by atoms with E-state index >= 15 is 0 Å². The molecule has 0 bridgehead atoms. The smallest absolute Gasteiger partial charge is 0.462 e. The van der Waals surface area contributed by atoms with Gasteiger partial charge in [0.1, 0.15) is 6.61 Å². The van der Waals surface area contributed by atoms with Crippen LogP contribution in [0.4, 0.5) is 0 Å². The number of hydrogen-bond donors (Lipinski definition) is 2. The number of nitrogens with two attached hydrogens (primary N) is 1. The summed E-state index contributed by atoms with van der Waals surface area (Å²) in [5.74, 6) is -0.840. The van der Waals surface area contributed by atoms with Crippen LogP contribution in [0.2, 0.25) is 0 Å². The van der Waals surface area contributed by atoms with Gasteiger partial charge < -0.3 is 20.1 Å². The number of hydrogen-bond acceptors (Lipinski definition) is 8. The Morgan fingerprint density at radius 2 is 0.786 bits per heavy atom. The van der Waals surface area contributed by atoms with Gasteiger partial charge in [-0.25, -0.2) is 4.57 Å². The lowest BCUT2D eigenvalue weighted by Crippen LogP contribution is -2.29. The van der Waals surface area contributed by atoms with E-state index in [-0.39, 0.29) is 32.6 Å². The molecule has 0 radical (unpaired) electrons. The Bertz CT molecular complexity index is 1420. The van der Waals surface area contributed by atoms with Crippen LogP contribution in [-0.4, -0.2) is 49.3 Å². The Hall–Kier alpha value is -2.81. The van der Waals surface area contributed by atoms with Crippen molar-refractivity contribution in [3.63, 3.8) is 0 Å². The second-order valence-electron chi connectivity index (χ2n) is 18.8. The van der Waals surface area contributed by atoms with Crippen molar-refractivity contribution in [3.8, 4) is 0 Å². The van der Waals surface area contributed by atoms with Gasteiger partial charge in [-0.1, -0.05) is 234 Å². The summed E-state index contributed by atoms with van der Waals surface area (Å²) in [6.07, 6.45) is 72.1. The summed E-state index contributed by atoms with van der Waals surface area (Å²) < 4.78 is 33.0. The summed E-state index contributed by atoms with van der Waals surface area (Å²) >= 11 is 0. The monoisotopic (exact) mass is 1000 g/mol. The Labute approximate surface area is 430 Å². The van der Waals surface area contributed by atoms with Crippen molar-refractivity contribution in [2.75, 3.05) is 26.4 Å². The highest BCUT2D eigenvalue weighted by Crippen LogP contribution is 2.43. The molecule has 70 heavy (non-hydrogen) atoms. The second kappa shape index (κ2) is 55.5. The molecule has 0 saturated carbocycles. The van der Waals surface area contributed by atoms with Gasteiger partial charge in [-0.3, -0.25) is 18.6 Å². The second-order valence-corrected chi connectivity index (χ2v) is 20.2. The van der Waals surface area contributed by atoms with Crippen LogP contribution in [0.25, 0.3) is 0 Å². The average Bonchev–Trinajstić information content (AvgIpc) is 3.35. The first-order valence-electron chi connectivity index (χ1n) is 28.6. The van der Waals surface area contributed by atoms with Crippen LogP contribution < -0.4 is 5.73 Å². The maximum absolute atomic E-state index is 12.7. The first-order valence-corrected chi connectivity index (χ1v) is 30.1. The zero-order chi connectivity index (χ0) is 51.0. The Morgan fingerprint density at radius 3 is 1.17 bits per heavy atom. The number of esters is 2. The highest BCUT2D eigenvalue weighted by molar-refractivity contribution is 7.47. The van der Waals surface area contributed by atoms with Crippen molar-refractivity contribution in [2.24, 2.45) is 5.73 Å². The van der Waals surface area contributed by atoms with E-state index in [1.54, 1.807) is 0 Å². The fraction of sp³-hybridized carbons (Fsp3) is 0.733. The van der Waals surface area contributed by atoms with E-state index < -0.39 is 32.5 Å². The molecule has 0 aliphatic rings. The zero-order valence-electron chi connectivity index (χ0n) is 45.0. The van der Waals surface area contributed by atoms with E-state index in [0.29, 0.717) is 12.8 Å². The number of rotatable bonds is 53. The highest BCUT2D eigenvalue weighted by Gasteiger charge is 2.26. The molecule has 0 heterocycles. The van der Waals surface area contributed by atoms with Gasteiger partial charge in [0.15, 0.2) is 6.10 Å². The van der Waals surface area contributed by atoms with Crippen LogP contribution in [0.5, 0.6) is 0 Å². The quantitative estimate of drug-likeness (QED) is 0.0264. The third-order valence-electron chi connectivity index (χ3n) is 12.0. The third kappa shape index (κ3) is 54.5. The lowest BCUT2D eigenvalue weighted by molar-refractivity contribution is -0.161. The molecule has 0 aromatic heterocycles.